The quantitative estimate of drug-likeness (QED) is 0.895. The molecule has 1 N–H and O–H groups in total. The Hall–Kier alpha value is -2.48. The molecule has 2 nitrogen and oxygen atoms in total. The van der Waals surface area contributed by atoms with E-state index < -0.39 is 0 Å². The van der Waals surface area contributed by atoms with Crippen LogP contribution in [-0.2, 0) is 0 Å². The van der Waals surface area contributed by atoms with Crippen LogP contribution in [-0.4, -0.2) is 13.2 Å². The van der Waals surface area contributed by atoms with Crippen LogP contribution in [0.25, 0.3) is 12.2 Å². The summed E-state index contributed by atoms with van der Waals surface area (Å²) in [4.78, 5) is 0. The molecule has 0 aliphatic carbocycles. The Morgan fingerprint density at radius 2 is 1.85 bits per heavy atom. The summed E-state index contributed by atoms with van der Waals surface area (Å²) in [7, 11) is 1.68. The molecule has 20 heavy (non-hydrogen) atoms. The summed E-state index contributed by atoms with van der Waals surface area (Å²) in [5.41, 5.74) is 3.58. The Morgan fingerprint density at radius 1 is 1.05 bits per heavy atom. The van der Waals surface area contributed by atoms with Crippen LogP contribution in [0.3, 0.4) is 0 Å². The van der Waals surface area contributed by atoms with Crippen molar-refractivity contribution in [2.24, 2.45) is 0 Å². The standard InChI is InChI=1S/C18H17NO/c1-20-17-12-7-14(8-13-17)6-10-16-11-9-15-4-2-3-5-18(15)19-16/h2-13,16,19H,1H3/b10-6+/t16-/m1/s1. The lowest BCUT2D eigenvalue weighted by Crippen LogP contribution is -2.17. The van der Waals surface area contributed by atoms with Crippen LogP contribution in [0.15, 0.2) is 60.7 Å². The first-order valence-electron chi connectivity index (χ1n) is 6.71. The molecule has 100 valence electrons. The van der Waals surface area contributed by atoms with Gasteiger partial charge in [-0.05, 0) is 29.3 Å². The Morgan fingerprint density at radius 3 is 2.65 bits per heavy atom. The van der Waals surface area contributed by atoms with Gasteiger partial charge in [0.1, 0.15) is 5.75 Å². The lowest BCUT2D eigenvalue weighted by atomic mass is 10.0. The maximum Gasteiger partial charge on any atom is 0.118 e. The Kier molecular flexibility index (Phi) is 3.55. The van der Waals surface area contributed by atoms with Crippen LogP contribution in [0.4, 0.5) is 5.69 Å². The zero-order chi connectivity index (χ0) is 13.8. The molecule has 0 saturated carbocycles. The van der Waals surface area contributed by atoms with Crippen LogP contribution in [0.5, 0.6) is 5.75 Å². The van der Waals surface area contributed by atoms with Crippen LogP contribution in [0, 0.1) is 0 Å². The van der Waals surface area contributed by atoms with E-state index in [9.17, 15) is 0 Å². The zero-order valence-electron chi connectivity index (χ0n) is 11.4. The van der Waals surface area contributed by atoms with Gasteiger partial charge in [0.15, 0.2) is 0 Å². The highest BCUT2D eigenvalue weighted by molar-refractivity contribution is 5.72. The van der Waals surface area contributed by atoms with Crippen molar-refractivity contribution in [1.82, 2.24) is 0 Å². The SMILES string of the molecule is COc1ccc(/C=C/[C@@H]2C=Cc3ccccc3N2)cc1. The molecule has 0 unspecified atom stereocenters. The highest BCUT2D eigenvalue weighted by Gasteiger charge is 2.08. The maximum atomic E-state index is 5.16. The molecule has 2 aromatic rings. The van der Waals surface area contributed by atoms with Gasteiger partial charge >= 0.3 is 0 Å². The second-order valence-corrected chi connectivity index (χ2v) is 4.75. The largest absolute Gasteiger partial charge is 0.497 e. The van der Waals surface area contributed by atoms with Gasteiger partial charge in [-0.25, -0.2) is 0 Å². The number of fused-ring (bicyclic) bond motifs is 1. The number of nitrogens with one attached hydrogen (secondary N) is 1. The zero-order valence-corrected chi connectivity index (χ0v) is 11.4. The molecule has 1 heterocycles. The number of anilines is 1. The van der Waals surface area contributed by atoms with E-state index >= 15 is 0 Å². The van der Waals surface area contributed by atoms with Crippen LogP contribution in [0.1, 0.15) is 11.1 Å². The van der Waals surface area contributed by atoms with Crippen molar-refractivity contribution in [3.05, 3.63) is 71.8 Å². The fourth-order valence-electron chi connectivity index (χ4n) is 2.25. The lowest BCUT2D eigenvalue weighted by molar-refractivity contribution is 0.415. The van der Waals surface area contributed by atoms with Crippen molar-refractivity contribution in [1.29, 1.82) is 0 Å². The fourth-order valence-corrected chi connectivity index (χ4v) is 2.25. The van der Waals surface area contributed by atoms with E-state index in [2.05, 4.69) is 66.0 Å². The van der Waals surface area contributed by atoms with Gasteiger partial charge in [-0.15, -0.1) is 0 Å². The molecular formula is C18H17NO. The van der Waals surface area contributed by atoms with Gasteiger partial charge in [0, 0.05) is 5.69 Å². The number of para-hydroxylation sites is 1. The smallest absolute Gasteiger partial charge is 0.118 e. The minimum absolute atomic E-state index is 0.229. The second kappa shape index (κ2) is 5.66. The van der Waals surface area contributed by atoms with E-state index in [4.69, 9.17) is 4.74 Å². The molecular weight excluding hydrogens is 246 g/mol. The first kappa shape index (κ1) is 12.5. The number of hydrogen-bond acceptors (Lipinski definition) is 2. The van der Waals surface area contributed by atoms with E-state index in [1.165, 1.54) is 16.8 Å². The third kappa shape index (κ3) is 2.75. The predicted octanol–water partition coefficient (Wildman–Crippen LogP) is 4.22. The fraction of sp³-hybridized carbons (Fsp3) is 0.111. The average molecular weight is 263 g/mol. The van der Waals surface area contributed by atoms with Crippen molar-refractivity contribution in [3.8, 4) is 5.75 Å². The van der Waals surface area contributed by atoms with Crippen molar-refractivity contribution < 1.29 is 4.74 Å². The summed E-state index contributed by atoms with van der Waals surface area (Å²) >= 11 is 0. The summed E-state index contributed by atoms with van der Waals surface area (Å²) < 4.78 is 5.16. The van der Waals surface area contributed by atoms with Crippen LogP contribution >= 0.6 is 0 Å². The molecule has 3 rings (SSSR count). The van der Waals surface area contributed by atoms with Crippen LogP contribution < -0.4 is 10.1 Å². The molecule has 0 bridgehead atoms. The third-order valence-electron chi connectivity index (χ3n) is 3.38. The van der Waals surface area contributed by atoms with E-state index in [1.807, 2.05) is 12.1 Å². The molecule has 1 aliphatic heterocycles. The Labute approximate surface area is 119 Å². The van der Waals surface area contributed by atoms with Gasteiger partial charge in [0.2, 0.25) is 0 Å². The number of benzene rings is 2. The normalized spacial score (nSPS) is 16.8. The monoisotopic (exact) mass is 263 g/mol. The number of ether oxygens (including phenoxy) is 1. The summed E-state index contributed by atoms with van der Waals surface area (Å²) in [6.07, 6.45) is 8.61. The van der Waals surface area contributed by atoms with E-state index in [-0.39, 0.29) is 6.04 Å². The van der Waals surface area contributed by atoms with Crippen molar-refractivity contribution in [2.45, 2.75) is 6.04 Å². The van der Waals surface area contributed by atoms with Gasteiger partial charge in [-0.1, -0.05) is 54.6 Å². The van der Waals surface area contributed by atoms with Gasteiger partial charge < -0.3 is 10.1 Å². The molecule has 0 saturated heterocycles. The first-order chi connectivity index (χ1) is 9.85. The molecule has 2 aromatic carbocycles. The number of hydrogen-bond donors (Lipinski definition) is 1. The van der Waals surface area contributed by atoms with Gasteiger partial charge in [0.05, 0.1) is 13.2 Å². The van der Waals surface area contributed by atoms with Crippen molar-refractivity contribution >= 4 is 17.8 Å². The summed E-state index contributed by atoms with van der Waals surface area (Å²) in [5, 5.41) is 3.49. The molecule has 0 amide bonds. The summed E-state index contributed by atoms with van der Waals surface area (Å²) in [5.74, 6) is 0.881. The Balaban J connectivity index is 1.71. The van der Waals surface area contributed by atoms with Gasteiger partial charge in [-0.3, -0.25) is 0 Å². The first-order valence-corrected chi connectivity index (χ1v) is 6.71. The average Bonchev–Trinajstić information content (AvgIpc) is 2.53. The number of methoxy groups -OCH3 is 1. The summed E-state index contributed by atoms with van der Waals surface area (Å²) in [6.45, 7) is 0. The van der Waals surface area contributed by atoms with Gasteiger partial charge in [0.25, 0.3) is 0 Å². The highest BCUT2D eigenvalue weighted by Crippen LogP contribution is 2.23. The van der Waals surface area contributed by atoms with Crippen LogP contribution in [0.2, 0.25) is 0 Å². The molecule has 2 heteroatoms. The molecule has 1 atom stereocenters. The molecule has 0 spiro atoms. The van der Waals surface area contributed by atoms with E-state index in [0.717, 1.165) is 5.75 Å². The van der Waals surface area contributed by atoms with Gasteiger partial charge in [-0.2, -0.15) is 0 Å². The topological polar surface area (TPSA) is 21.3 Å². The predicted molar refractivity (Wildman–Crippen MR) is 84.9 cm³/mol. The summed E-state index contributed by atoms with van der Waals surface area (Å²) in [6, 6.07) is 16.6. The minimum atomic E-state index is 0.229. The molecule has 0 fully saturated rings. The second-order valence-electron chi connectivity index (χ2n) is 4.75. The van der Waals surface area contributed by atoms with Crippen molar-refractivity contribution in [2.75, 3.05) is 12.4 Å². The lowest BCUT2D eigenvalue weighted by Gasteiger charge is -2.19. The van der Waals surface area contributed by atoms with E-state index in [1.54, 1.807) is 7.11 Å². The Bertz CT molecular complexity index is 641. The molecule has 0 radical (unpaired) electrons. The van der Waals surface area contributed by atoms with E-state index in [0.29, 0.717) is 0 Å². The highest BCUT2D eigenvalue weighted by atomic mass is 16.5. The molecule has 0 aromatic heterocycles. The number of rotatable bonds is 3. The van der Waals surface area contributed by atoms with Crippen molar-refractivity contribution in [3.63, 3.8) is 0 Å². The molecule has 1 aliphatic rings. The third-order valence-corrected chi connectivity index (χ3v) is 3.38. The maximum absolute atomic E-state index is 5.16. The minimum Gasteiger partial charge on any atom is -0.497 e.